The second-order valence-corrected chi connectivity index (χ2v) is 10.4. The van der Waals surface area contributed by atoms with Gasteiger partial charge in [0.15, 0.2) is 0 Å². The second kappa shape index (κ2) is 13.9. The highest BCUT2D eigenvalue weighted by atomic mass is 16.5. The smallest absolute Gasteiger partial charge is 0.319 e. The molecule has 0 saturated carbocycles. The van der Waals surface area contributed by atoms with Crippen LogP contribution < -0.4 is 16.0 Å². The Morgan fingerprint density at radius 3 is 2.60 bits per heavy atom. The molecular weight excluding hydrogens is 504 g/mol. The van der Waals surface area contributed by atoms with Crippen molar-refractivity contribution in [2.75, 3.05) is 43.5 Å². The zero-order chi connectivity index (χ0) is 27.6. The maximum atomic E-state index is 12.2. The van der Waals surface area contributed by atoms with E-state index in [4.69, 9.17) is 4.74 Å². The number of carbonyl (C=O) groups excluding carboxylic acids is 1. The van der Waals surface area contributed by atoms with Crippen molar-refractivity contribution >= 4 is 29.6 Å². The van der Waals surface area contributed by atoms with Crippen LogP contribution >= 0.6 is 0 Å². The van der Waals surface area contributed by atoms with Crippen LogP contribution in [-0.2, 0) is 11.3 Å². The van der Waals surface area contributed by atoms with Gasteiger partial charge in [0.2, 0.25) is 0 Å². The summed E-state index contributed by atoms with van der Waals surface area (Å²) in [5.74, 6) is 2.14. The van der Waals surface area contributed by atoms with Gasteiger partial charge in [-0.3, -0.25) is 4.99 Å². The lowest BCUT2D eigenvalue weighted by molar-refractivity contribution is 0.121. The van der Waals surface area contributed by atoms with Crippen molar-refractivity contribution in [1.82, 2.24) is 10.2 Å². The third-order valence-corrected chi connectivity index (χ3v) is 7.49. The number of piperidine rings is 1. The lowest BCUT2D eigenvalue weighted by Gasteiger charge is -2.31. The number of nitrogens with zero attached hydrogens (tertiary/aromatic N) is 3. The summed E-state index contributed by atoms with van der Waals surface area (Å²) < 4.78 is 6.04. The maximum Gasteiger partial charge on any atom is 0.319 e. The molecule has 2 aromatic rings. The number of carbonyl (C=O) groups is 1. The van der Waals surface area contributed by atoms with Crippen LogP contribution in [0, 0.1) is 11.8 Å². The Labute approximate surface area is 235 Å². The summed E-state index contributed by atoms with van der Waals surface area (Å²) in [5, 5.41) is 18.4. The molecule has 1 saturated heterocycles. The van der Waals surface area contributed by atoms with Crippen molar-refractivity contribution in [3.05, 3.63) is 84.1 Å². The van der Waals surface area contributed by atoms with E-state index in [1.54, 1.807) is 6.34 Å². The first kappa shape index (κ1) is 27.6. The van der Waals surface area contributed by atoms with E-state index in [-0.39, 0.29) is 18.0 Å². The van der Waals surface area contributed by atoms with Crippen molar-refractivity contribution in [3.63, 3.8) is 0 Å². The number of anilines is 2. The standard InChI is InChI=1S/C31H38N6O3/c38-21-24-13-16-37(17-14-24)15-4-18-40-27-11-12-28-29(19-27)33-22-34-30(28)35-25-7-9-26(10-8-25)36-31(39)32-20-23-5-2-1-3-6-23/h1-3,5-12,19,22,24,28-29,38H,4,13-18,20-21H2,(H2,32,36,39)(H,33,34,35). The highest BCUT2D eigenvalue weighted by molar-refractivity contribution is 6.04. The van der Waals surface area contributed by atoms with Gasteiger partial charge in [-0.25, -0.2) is 9.79 Å². The Morgan fingerprint density at radius 1 is 1.05 bits per heavy atom. The zero-order valence-corrected chi connectivity index (χ0v) is 22.7. The van der Waals surface area contributed by atoms with E-state index in [2.05, 4.69) is 43.0 Å². The minimum Gasteiger partial charge on any atom is -0.494 e. The fourth-order valence-electron chi connectivity index (χ4n) is 5.11. The molecule has 1 aliphatic carbocycles. The lowest BCUT2D eigenvalue weighted by atomic mass is 9.92. The Balaban J connectivity index is 1.05. The average molecular weight is 543 g/mol. The molecule has 9 nitrogen and oxygen atoms in total. The van der Waals surface area contributed by atoms with Gasteiger partial charge in [0.1, 0.15) is 17.9 Å². The fraction of sp³-hybridized carbons (Fsp3) is 0.387. The molecule has 1 fully saturated rings. The summed E-state index contributed by atoms with van der Waals surface area (Å²) in [4.78, 5) is 23.7. The van der Waals surface area contributed by atoms with Gasteiger partial charge in [-0.05, 0) is 80.3 Å². The number of hydrogen-bond donors (Lipinski definition) is 4. The molecule has 40 heavy (non-hydrogen) atoms. The number of amides is 2. The molecule has 3 aliphatic rings. The molecule has 2 aliphatic heterocycles. The molecule has 2 aromatic carbocycles. The number of aliphatic hydroxyl groups is 1. The topological polar surface area (TPSA) is 111 Å². The summed E-state index contributed by atoms with van der Waals surface area (Å²) in [6.07, 6.45) is 10.9. The molecule has 9 heteroatoms. The monoisotopic (exact) mass is 542 g/mol. The van der Waals surface area contributed by atoms with Crippen LogP contribution in [0.2, 0.25) is 0 Å². The molecule has 4 N–H and O–H groups in total. The van der Waals surface area contributed by atoms with E-state index < -0.39 is 0 Å². The summed E-state index contributed by atoms with van der Waals surface area (Å²) in [6.45, 7) is 4.59. The molecule has 0 bridgehead atoms. The summed E-state index contributed by atoms with van der Waals surface area (Å²) in [7, 11) is 0. The van der Waals surface area contributed by atoms with E-state index in [1.165, 1.54) is 0 Å². The predicted octanol–water partition coefficient (Wildman–Crippen LogP) is 4.41. The number of amidine groups is 1. The normalized spacial score (nSPS) is 20.7. The van der Waals surface area contributed by atoms with Crippen LogP contribution in [0.3, 0.4) is 0 Å². The van der Waals surface area contributed by atoms with E-state index in [0.717, 1.165) is 61.7 Å². The first-order valence-corrected chi connectivity index (χ1v) is 14.1. The van der Waals surface area contributed by atoms with Crippen molar-refractivity contribution < 1.29 is 14.6 Å². The maximum absolute atomic E-state index is 12.2. The Hall–Kier alpha value is -3.95. The number of rotatable bonds is 10. The lowest BCUT2D eigenvalue weighted by Crippen LogP contribution is -2.35. The van der Waals surface area contributed by atoms with Crippen LogP contribution in [-0.4, -0.2) is 67.1 Å². The van der Waals surface area contributed by atoms with Gasteiger partial charge in [0.05, 0.1) is 18.6 Å². The van der Waals surface area contributed by atoms with Gasteiger partial charge >= 0.3 is 6.03 Å². The van der Waals surface area contributed by atoms with Gasteiger partial charge in [0.25, 0.3) is 0 Å². The Kier molecular flexibility index (Phi) is 9.60. The van der Waals surface area contributed by atoms with Crippen LogP contribution in [0.1, 0.15) is 24.8 Å². The Morgan fingerprint density at radius 2 is 1.82 bits per heavy atom. The molecule has 210 valence electrons. The number of likely N-dealkylation sites (tertiary alicyclic amines) is 1. The largest absolute Gasteiger partial charge is 0.494 e. The zero-order valence-electron chi connectivity index (χ0n) is 22.7. The molecule has 2 unspecified atom stereocenters. The van der Waals surface area contributed by atoms with E-state index >= 15 is 0 Å². The number of ether oxygens (including phenoxy) is 1. The molecule has 2 amide bonds. The highest BCUT2D eigenvalue weighted by Crippen LogP contribution is 2.26. The number of urea groups is 1. The van der Waals surface area contributed by atoms with Gasteiger partial charge in [0, 0.05) is 31.1 Å². The fourth-order valence-corrected chi connectivity index (χ4v) is 5.11. The van der Waals surface area contributed by atoms with Gasteiger partial charge in [-0.15, -0.1) is 0 Å². The van der Waals surface area contributed by atoms with E-state index in [0.29, 0.717) is 31.4 Å². The number of aliphatic imine (C=N–C) groups is 2. The van der Waals surface area contributed by atoms with Crippen molar-refractivity contribution in [1.29, 1.82) is 0 Å². The van der Waals surface area contributed by atoms with Crippen LogP contribution in [0.25, 0.3) is 0 Å². The van der Waals surface area contributed by atoms with Gasteiger partial charge in [-0.1, -0.05) is 36.4 Å². The molecule has 0 spiro atoms. The first-order valence-electron chi connectivity index (χ1n) is 14.1. The number of aliphatic hydroxyl groups excluding tert-OH is 1. The number of fused-ring (bicyclic) bond motifs is 1. The van der Waals surface area contributed by atoms with Crippen LogP contribution in [0.15, 0.2) is 88.6 Å². The summed E-state index contributed by atoms with van der Waals surface area (Å²) in [6, 6.07) is 17.0. The molecule has 5 rings (SSSR count). The third kappa shape index (κ3) is 7.80. The Bertz CT molecular complexity index is 1230. The number of allylic oxidation sites excluding steroid dienone is 1. The van der Waals surface area contributed by atoms with Crippen molar-refractivity contribution in [2.45, 2.75) is 31.8 Å². The predicted molar refractivity (Wildman–Crippen MR) is 160 cm³/mol. The SMILES string of the molecule is O=C(NCc1ccccc1)Nc1ccc(NC2=NC=NC3C=C(OCCCN4CCC(CO)CC4)C=CC23)cc1. The molecule has 0 radical (unpaired) electrons. The molecule has 0 aromatic heterocycles. The summed E-state index contributed by atoms with van der Waals surface area (Å²) >= 11 is 0. The first-order chi connectivity index (χ1) is 19.7. The third-order valence-electron chi connectivity index (χ3n) is 7.49. The van der Waals surface area contributed by atoms with Crippen LogP contribution in [0.5, 0.6) is 0 Å². The molecule has 2 heterocycles. The van der Waals surface area contributed by atoms with Gasteiger partial charge in [-0.2, -0.15) is 0 Å². The van der Waals surface area contributed by atoms with E-state index in [1.807, 2.05) is 60.7 Å². The quantitative estimate of drug-likeness (QED) is 0.333. The molecule has 2 atom stereocenters. The highest BCUT2D eigenvalue weighted by Gasteiger charge is 2.28. The van der Waals surface area contributed by atoms with E-state index in [9.17, 15) is 9.90 Å². The minimum atomic E-state index is -0.250. The number of nitrogens with one attached hydrogen (secondary N) is 3. The average Bonchev–Trinajstić information content (AvgIpc) is 3.00. The van der Waals surface area contributed by atoms with Crippen molar-refractivity contribution in [3.8, 4) is 0 Å². The molecular formula is C31H38N6O3. The van der Waals surface area contributed by atoms with Crippen LogP contribution in [0.4, 0.5) is 16.2 Å². The minimum absolute atomic E-state index is 0.00624. The van der Waals surface area contributed by atoms with Gasteiger partial charge < -0.3 is 30.7 Å². The second-order valence-electron chi connectivity index (χ2n) is 10.4. The summed E-state index contributed by atoms with van der Waals surface area (Å²) in [5.41, 5.74) is 2.63. The van der Waals surface area contributed by atoms with Crippen molar-refractivity contribution in [2.24, 2.45) is 21.8 Å². The number of hydrogen-bond acceptors (Lipinski definition) is 7. The number of benzene rings is 2.